The van der Waals surface area contributed by atoms with Crippen molar-refractivity contribution in [2.45, 2.75) is 47.6 Å². The molecule has 182 valence electrons. The summed E-state index contributed by atoms with van der Waals surface area (Å²) in [4.78, 5) is 27.7. The summed E-state index contributed by atoms with van der Waals surface area (Å²) in [6.07, 6.45) is 5.86. The zero-order valence-electron chi connectivity index (χ0n) is 19.3. The van der Waals surface area contributed by atoms with E-state index in [9.17, 15) is 4.79 Å². The van der Waals surface area contributed by atoms with Crippen LogP contribution >= 0.6 is 23.4 Å². The molecule has 1 saturated heterocycles. The molecule has 1 atom stereocenters. The molecule has 1 amide bonds. The average molecular weight is 511 g/mol. The van der Waals surface area contributed by atoms with Crippen LogP contribution in [0.2, 0.25) is 5.02 Å². The highest BCUT2D eigenvalue weighted by molar-refractivity contribution is 7.99. The molecule has 5 rings (SSSR count). The van der Waals surface area contributed by atoms with Crippen molar-refractivity contribution in [3.05, 3.63) is 52.8 Å². The van der Waals surface area contributed by atoms with Crippen molar-refractivity contribution in [2.24, 2.45) is 5.73 Å². The number of carbonyl (C=O) groups is 1. The van der Waals surface area contributed by atoms with Crippen LogP contribution < -0.4 is 27.4 Å². The molecule has 35 heavy (non-hydrogen) atoms. The van der Waals surface area contributed by atoms with Crippen LogP contribution in [-0.4, -0.2) is 40.0 Å². The minimum atomic E-state index is -0.118. The lowest BCUT2D eigenvalue weighted by Crippen LogP contribution is -2.50. The first-order valence-corrected chi connectivity index (χ1v) is 12.6. The van der Waals surface area contributed by atoms with Gasteiger partial charge in [-0.15, -0.1) is 0 Å². The van der Waals surface area contributed by atoms with Crippen molar-refractivity contribution in [2.75, 3.05) is 34.8 Å². The fourth-order valence-corrected chi connectivity index (χ4v) is 6.22. The third kappa shape index (κ3) is 4.26. The number of nitrogens with two attached hydrogens (primary N) is 3. The number of nitrogens with one attached hydrogen (secondary N) is 1. The summed E-state index contributed by atoms with van der Waals surface area (Å²) < 4.78 is 0. The first kappa shape index (κ1) is 23.7. The van der Waals surface area contributed by atoms with E-state index in [1.807, 2.05) is 12.1 Å². The molecule has 1 aliphatic heterocycles. The van der Waals surface area contributed by atoms with Crippen LogP contribution in [0.5, 0.6) is 0 Å². The number of fused-ring (bicyclic) bond motifs is 2. The minimum Gasteiger partial charge on any atom is -0.382 e. The number of piperidine rings is 1. The Labute approximate surface area is 212 Å². The van der Waals surface area contributed by atoms with E-state index in [0.717, 1.165) is 54.3 Å². The summed E-state index contributed by atoms with van der Waals surface area (Å²) in [5.74, 6) is 1.26. The fourth-order valence-electron chi connectivity index (χ4n) is 5.21. The standard InChI is InChI=1S/C24H27ClN8OS/c1-13(34)31-16-4-2-3-15-14(16)11-18(26)24(15)6-9-33(10-7-24)19-12-30-23(22(28)32-19)35-17-5-8-29-21(27)20(17)25/h2-5,8,12,18H,6-7,9-11,26H2,1H3,(H2,27,29)(H2,28,32)(H,31,34). The summed E-state index contributed by atoms with van der Waals surface area (Å²) >= 11 is 7.56. The molecule has 7 N–H and O–H groups in total. The second-order valence-corrected chi connectivity index (χ2v) is 10.4. The second kappa shape index (κ2) is 9.18. The molecule has 1 aromatic carbocycles. The minimum absolute atomic E-state index is 0.00188. The van der Waals surface area contributed by atoms with E-state index in [0.29, 0.717) is 15.9 Å². The van der Waals surface area contributed by atoms with Crippen molar-refractivity contribution >= 4 is 52.4 Å². The summed E-state index contributed by atoms with van der Waals surface area (Å²) in [6, 6.07) is 7.88. The van der Waals surface area contributed by atoms with Crippen molar-refractivity contribution in [3.63, 3.8) is 0 Å². The van der Waals surface area contributed by atoms with Gasteiger partial charge in [-0.25, -0.2) is 15.0 Å². The Balaban J connectivity index is 1.33. The van der Waals surface area contributed by atoms with E-state index in [-0.39, 0.29) is 23.2 Å². The fraction of sp³-hybridized carbons (Fsp3) is 0.333. The molecule has 1 spiro atoms. The van der Waals surface area contributed by atoms with Gasteiger partial charge >= 0.3 is 0 Å². The molecule has 1 unspecified atom stereocenters. The maximum Gasteiger partial charge on any atom is 0.221 e. The van der Waals surface area contributed by atoms with Gasteiger partial charge in [-0.3, -0.25) is 4.79 Å². The van der Waals surface area contributed by atoms with E-state index >= 15 is 0 Å². The summed E-state index contributed by atoms with van der Waals surface area (Å²) in [7, 11) is 0. The maximum atomic E-state index is 11.7. The number of hydrogen-bond acceptors (Lipinski definition) is 9. The van der Waals surface area contributed by atoms with Crippen LogP contribution in [0.25, 0.3) is 0 Å². The molecule has 11 heteroatoms. The molecule has 1 aliphatic carbocycles. The van der Waals surface area contributed by atoms with E-state index in [1.165, 1.54) is 24.2 Å². The van der Waals surface area contributed by atoms with Crippen LogP contribution in [0.4, 0.5) is 23.1 Å². The highest BCUT2D eigenvalue weighted by Gasteiger charge is 2.47. The van der Waals surface area contributed by atoms with Crippen LogP contribution in [0.1, 0.15) is 30.9 Å². The van der Waals surface area contributed by atoms with Gasteiger partial charge in [-0.05, 0) is 42.5 Å². The molecule has 1 fully saturated rings. The SMILES string of the molecule is CC(=O)Nc1cccc2c1CC(N)C21CCN(c2cnc(Sc3ccnc(N)c3Cl)c(N)n2)CC1. The molecule has 0 radical (unpaired) electrons. The van der Waals surface area contributed by atoms with Crippen molar-refractivity contribution in [3.8, 4) is 0 Å². The largest absolute Gasteiger partial charge is 0.382 e. The van der Waals surface area contributed by atoms with Gasteiger partial charge in [-0.1, -0.05) is 35.5 Å². The summed E-state index contributed by atoms with van der Waals surface area (Å²) in [6.45, 7) is 3.09. The molecular weight excluding hydrogens is 484 g/mol. The number of amides is 1. The molecule has 3 aromatic rings. The van der Waals surface area contributed by atoms with Crippen molar-refractivity contribution in [1.82, 2.24) is 15.0 Å². The monoisotopic (exact) mass is 510 g/mol. The lowest BCUT2D eigenvalue weighted by Gasteiger charge is -2.43. The van der Waals surface area contributed by atoms with Gasteiger partial charge in [0.1, 0.15) is 16.7 Å². The summed E-state index contributed by atoms with van der Waals surface area (Å²) in [5.41, 5.74) is 21.9. The summed E-state index contributed by atoms with van der Waals surface area (Å²) in [5, 5.41) is 3.90. The van der Waals surface area contributed by atoms with E-state index in [1.54, 1.807) is 18.5 Å². The first-order chi connectivity index (χ1) is 16.8. The van der Waals surface area contributed by atoms with Gasteiger partial charge in [0.15, 0.2) is 5.82 Å². The number of benzene rings is 1. The molecule has 3 heterocycles. The third-order valence-corrected chi connectivity index (χ3v) is 8.55. The van der Waals surface area contributed by atoms with Gasteiger partial charge in [-0.2, -0.15) is 0 Å². The molecule has 2 aromatic heterocycles. The number of anilines is 4. The number of nitrogen functional groups attached to an aromatic ring is 2. The lowest BCUT2D eigenvalue weighted by atomic mass is 9.71. The number of carbonyl (C=O) groups excluding carboxylic acids is 1. The van der Waals surface area contributed by atoms with Gasteiger partial charge < -0.3 is 27.4 Å². The van der Waals surface area contributed by atoms with Crippen LogP contribution in [-0.2, 0) is 16.6 Å². The van der Waals surface area contributed by atoms with Crippen LogP contribution in [0.3, 0.4) is 0 Å². The van der Waals surface area contributed by atoms with Gasteiger partial charge in [0.05, 0.1) is 11.2 Å². The first-order valence-electron chi connectivity index (χ1n) is 11.4. The molecule has 0 bridgehead atoms. The third-order valence-electron chi connectivity index (χ3n) is 6.98. The molecule has 9 nitrogen and oxygen atoms in total. The Kier molecular flexibility index (Phi) is 6.20. The average Bonchev–Trinajstić information content (AvgIpc) is 3.10. The van der Waals surface area contributed by atoms with Crippen molar-refractivity contribution < 1.29 is 4.79 Å². The lowest BCUT2D eigenvalue weighted by molar-refractivity contribution is -0.114. The van der Waals surface area contributed by atoms with Gasteiger partial charge in [0, 0.05) is 48.2 Å². The predicted octanol–water partition coefficient (Wildman–Crippen LogP) is 3.22. The van der Waals surface area contributed by atoms with E-state index in [2.05, 4.69) is 31.2 Å². The second-order valence-electron chi connectivity index (χ2n) is 9.00. The van der Waals surface area contributed by atoms with Gasteiger partial charge in [0.25, 0.3) is 0 Å². The van der Waals surface area contributed by atoms with Crippen LogP contribution in [0, 0.1) is 0 Å². The highest BCUT2D eigenvalue weighted by atomic mass is 35.5. The van der Waals surface area contributed by atoms with Crippen molar-refractivity contribution in [1.29, 1.82) is 0 Å². The Hall–Kier alpha value is -3.08. The number of aromatic nitrogens is 3. The number of halogens is 1. The van der Waals surface area contributed by atoms with E-state index < -0.39 is 0 Å². The number of pyridine rings is 1. The zero-order valence-corrected chi connectivity index (χ0v) is 20.9. The van der Waals surface area contributed by atoms with E-state index in [4.69, 9.17) is 28.8 Å². The number of hydrogen-bond donors (Lipinski definition) is 4. The Bertz CT molecular complexity index is 1290. The molecule has 0 saturated carbocycles. The normalized spacial score (nSPS) is 18.5. The molecular formula is C24H27ClN8OS. The smallest absolute Gasteiger partial charge is 0.221 e. The Morgan fingerprint density at radius 3 is 2.69 bits per heavy atom. The quantitative estimate of drug-likeness (QED) is 0.415. The van der Waals surface area contributed by atoms with Gasteiger partial charge in [0.2, 0.25) is 5.91 Å². The predicted molar refractivity (Wildman–Crippen MR) is 140 cm³/mol. The Morgan fingerprint density at radius 1 is 1.20 bits per heavy atom. The highest BCUT2D eigenvalue weighted by Crippen LogP contribution is 2.48. The zero-order chi connectivity index (χ0) is 24.7. The number of nitrogens with zero attached hydrogens (tertiary/aromatic N) is 4. The number of rotatable bonds is 4. The Morgan fingerprint density at radius 2 is 1.97 bits per heavy atom. The topological polar surface area (TPSA) is 149 Å². The maximum absolute atomic E-state index is 11.7. The molecule has 2 aliphatic rings. The van der Waals surface area contributed by atoms with Crippen LogP contribution in [0.15, 0.2) is 46.6 Å².